The van der Waals surface area contributed by atoms with Crippen molar-refractivity contribution in [2.75, 3.05) is 24.5 Å². The van der Waals surface area contributed by atoms with Crippen LogP contribution in [0.5, 0.6) is 0 Å². The Morgan fingerprint density at radius 3 is 2.87 bits per heavy atom. The minimum absolute atomic E-state index is 0.0538. The van der Waals surface area contributed by atoms with E-state index in [1.54, 1.807) is 36.8 Å². The van der Waals surface area contributed by atoms with Gasteiger partial charge < -0.3 is 10.2 Å². The molecule has 1 fully saturated rings. The second-order valence-corrected chi connectivity index (χ2v) is 7.42. The predicted molar refractivity (Wildman–Crippen MR) is 106 cm³/mol. The number of anilines is 1. The maximum atomic E-state index is 15.2. The number of carbonyl (C=O) groups is 1. The minimum Gasteiger partial charge on any atom is -0.353 e. The van der Waals surface area contributed by atoms with Gasteiger partial charge in [0.25, 0.3) is 0 Å². The highest BCUT2D eigenvalue weighted by atomic mass is 19.1. The lowest BCUT2D eigenvalue weighted by atomic mass is 9.95. The molecule has 1 saturated heterocycles. The molecule has 1 aliphatic heterocycles. The Hall–Kier alpha value is -3.56. The molecule has 4 heterocycles. The Balaban J connectivity index is 1.60. The number of benzene rings is 1. The molecule has 1 N–H and O–H groups in total. The summed E-state index contributed by atoms with van der Waals surface area (Å²) in [6.07, 6.45) is 2.97. The number of hydrogen-bond acceptors (Lipinski definition) is 5. The molecular formula is C20H19F2N7O. The maximum Gasteiger partial charge on any atom is 0.239 e. The molecule has 0 unspecified atom stereocenters. The van der Waals surface area contributed by atoms with E-state index in [1.807, 2.05) is 4.90 Å². The molecular weight excluding hydrogens is 392 g/mol. The first-order valence-electron chi connectivity index (χ1n) is 9.60. The van der Waals surface area contributed by atoms with Crippen LogP contribution >= 0.6 is 0 Å². The Bertz CT molecular complexity index is 1300. The van der Waals surface area contributed by atoms with Crippen LogP contribution in [-0.4, -0.2) is 49.9 Å². The van der Waals surface area contributed by atoms with Gasteiger partial charge in [0.05, 0.1) is 35.5 Å². The summed E-state index contributed by atoms with van der Waals surface area (Å²) in [5, 5.41) is 11.7. The van der Waals surface area contributed by atoms with Crippen molar-refractivity contribution in [2.45, 2.75) is 12.8 Å². The van der Waals surface area contributed by atoms with Crippen LogP contribution in [0.25, 0.3) is 16.6 Å². The van der Waals surface area contributed by atoms with E-state index in [1.165, 1.54) is 16.9 Å². The number of piperazine rings is 1. The van der Waals surface area contributed by atoms with Crippen LogP contribution in [0.3, 0.4) is 0 Å². The number of nitrogens with zero attached hydrogens (tertiary/aromatic N) is 6. The van der Waals surface area contributed by atoms with Gasteiger partial charge in [-0.2, -0.15) is 5.10 Å². The van der Waals surface area contributed by atoms with Gasteiger partial charge in [-0.15, -0.1) is 5.10 Å². The fourth-order valence-electron chi connectivity index (χ4n) is 3.96. The normalized spacial score (nSPS) is 15.7. The lowest BCUT2D eigenvalue weighted by molar-refractivity contribution is -0.120. The third kappa shape index (κ3) is 2.78. The molecule has 154 valence electrons. The molecule has 30 heavy (non-hydrogen) atoms. The minimum atomic E-state index is -0.644. The predicted octanol–water partition coefficient (Wildman–Crippen LogP) is 1.98. The van der Waals surface area contributed by atoms with E-state index in [0.717, 1.165) is 0 Å². The first-order valence-corrected chi connectivity index (χ1v) is 9.60. The molecule has 1 atom stereocenters. The van der Waals surface area contributed by atoms with Gasteiger partial charge >= 0.3 is 0 Å². The van der Waals surface area contributed by atoms with Gasteiger partial charge in [0, 0.05) is 37.7 Å². The number of nitrogens with one attached hydrogen (secondary N) is 1. The molecule has 0 radical (unpaired) electrons. The third-order valence-corrected chi connectivity index (χ3v) is 5.59. The third-order valence-electron chi connectivity index (χ3n) is 5.59. The summed E-state index contributed by atoms with van der Waals surface area (Å²) in [6, 6.07) is 4.87. The molecule has 10 heteroatoms. The topological polar surface area (TPSA) is 80.3 Å². The molecule has 1 aromatic carbocycles. The zero-order chi connectivity index (χ0) is 21.0. The van der Waals surface area contributed by atoms with Crippen LogP contribution in [0.15, 0.2) is 30.6 Å². The summed E-state index contributed by atoms with van der Waals surface area (Å²) in [5.74, 6) is -1.39. The Kier molecular flexibility index (Phi) is 4.16. The molecule has 0 aliphatic carbocycles. The first-order chi connectivity index (χ1) is 14.4. The van der Waals surface area contributed by atoms with E-state index in [2.05, 4.69) is 20.5 Å². The highest BCUT2D eigenvalue weighted by Crippen LogP contribution is 2.33. The summed E-state index contributed by atoms with van der Waals surface area (Å²) in [5.41, 5.74) is 1.45. The van der Waals surface area contributed by atoms with E-state index in [4.69, 9.17) is 0 Å². The number of halogens is 2. The smallest absolute Gasteiger partial charge is 0.239 e. The average molecular weight is 411 g/mol. The summed E-state index contributed by atoms with van der Waals surface area (Å²) in [6.45, 7) is 3.09. The standard InChI is InChI=1S/C20H19F2N7O/c1-11(19-13(21)7-14-12(20(19)22)8-25-27(14)2)15-9-24-16-3-4-17(26-29(15)16)28-6-5-23-18(30)10-28/h3-4,7-9,11H,5-6,10H2,1-2H3,(H,23,30)/t11-/m1/s1. The van der Waals surface area contributed by atoms with E-state index in [9.17, 15) is 9.18 Å². The average Bonchev–Trinajstić information content (AvgIpc) is 3.31. The zero-order valence-electron chi connectivity index (χ0n) is 16.4. The van der Waals surface area contributed by atoms with Gasteiger partial charge in [0.2, 0.25) is 5.91 Å². The van der Waals surface area contributed by atoms with Gasteiger partial charge in [-0.05, 0) is 12.1 Å². The zero-order valence-corrected chi connectivity index (χ0v) is 16.4. The lowest BCUT2D eigenvalue weighted by Crippen LogP contribution is -2.48. The van der Waals surface area contributed by atoms with Crippen molar-refractivity contribution in [3.8, 4) is 0 Å². The van der Waals surface area contributed by atoms with Crippen LogP contribution in [0.2, 0.25) is 0 Å². The molecule has 8 nitrogen and oxygen atoms in total. The number of amides is 1. The molecule has 0 spiro atoms. The van der Waals surface area contributed by atoms with Gasteiger partial charge in [-0.25, -0.2) is 18.3 Å². The van der Waals surface area contributed by atoms with Gasteiger partial charge in [0.1, 0.15) is 17.5 Å². The number of imidazole rings is 1. The summed E-state index contributed by atoms with van der Waals surface area (Å²) in [7, 11) is 1.64. The summed E-state index contributed by atoms with van der Waals surface area (Å²) >= 11 is 0. The van der Waals surface area contributed by atoms with Crippen molar-refractivity contribution in [3.05, 3.63) is 53.5 Å². The maximum absolute atomic E-state index is 15.2. The van der Waals surface area contributed by atoms with Gasteiger partial charge in [0.15, 0.2) is 5.65 Å². The van der Waals surface area contributed by atoms with Crippen LogP contribution in [0, 0.1) is 11.6 Å². The van der Waals surface area contributed by atoms with Gasteiger partial charge in [-0.1, -0.05) is 6.92 Å². The first kappa shape index (κ1) is 18.5. The molecule has 0 bridgehead atoms. The number of rotatable bonds is 3. The Morgan fingerprint density at radius 2 is 2.07 bits per heavy atom. The van der Waals surface area contributed by atoms with Crippen molar-refractivity contribution in [1.82, 2.24) is 29.7 Å². The highest BCUT2D eigenvalue weighted by molar-refractivity contribution is 5.82. The number of aromatic nitrogens is 5. The summed E-state index contributed by atoms with van der Waals surface area (Å²) in [4.78, 5) is 17.9. The molecule has 0 saturated carbocycles. The second kappa shape index (κ2) is 6.75. The molecule has 1 aliphatic rings. The number of hydrogen-bond donors (Lipinski definition) is 1. The molecule has 3 aromatic heterocycles. The lowest BCUT2D eigenvalue weighted by Gasteiger charge is -2.27. The SMILES string of the molecule is C[C@@H](c1c(F)cc2c(cnn2C)c1F)c1cnc2ccc(N3CCNC(=O)C3)nn12. The van der Waals surface area contributed by atoms with Crippen molar-refractivity contribution < 1.29 is 13.6 Å². The van der Waals surface area contributed by atoms with Crippen molar-refractivity contribution in [2.24, 2.45) is 7.05 Å². The molecule has 4 aromatic rings. The largest absolute Gasteiger partial charge is 0.353 e. The quantitative estimate of drug-likeness (QED) is 0.558. The van der Waals surface area contributed by atoms with Crippen LogP contribution in [0.4, 0.5) is 14.6 Å². The van der Waals surface area contributed by atoms with Crippen molar-refractivity contribution in [3.63, 3.8) is 0 Å². The number of aryl methyl sites for hydroxylation is 1. The highest BCUT2D eigenvalue weighted by Gasteiger charge is 2.25. The Morgan fingerprint density at radius 1 is 1.23 bits per heavy atom. The van der Waals surface area contributed by atoms with Crippen molar-refractivity contribution >= 4 is 28.3 Å². The molecule has 1 amide bonds. The number of fused-ring (bicyclic) bond motifs is 2. The Labute approximate surface area is 170 Å². The van der Waals surface area contributed by atoms with Crippen LogP contribution in [-0.2, 0) is 11.8 Å². The van der Waals surface area contributed by atoms with Crippen molar-refractivity contribution in [1.29, 1.82) is 0 Å². The fourth-order valence-corrected chi connectivity index (χ4v) is 3.96. The monoisotopic (exact) mass is 411 g/mol. The van der Waals surface area contributed by atoms with Crippen LogP contribution in [0.1, 0.15) is 24.1 Å². The van der Waals surface area contributed by atoms with Gasteiger partial charge in [-0.3, -0.25) is 9.48 Å². The number of carbonyl (C=O) groups excluding carboxylic acids is 1. The van der Waals surface area contributed by atoms with E-state index in [0.29, 0.717) is 35.8 Å². The van der Waals surface area contributed by atoms with E-state index >= 15 is 4.39 Å². The second-order valence-electron chi connectivity index (χ2n) is 7.42. The van der Waals surface area contributed by atoms with E-state index < -0.39 is 17.6 Å². The van der Waals surface area contributed by atoms with E-state index in [-0.39, 0.29) is 23.4 Å². The van der Waals surface area contributed by atoms with Crippen LogP contribution < -0.4 is 10.2 Å². The molecule has 5 rings (SSSR count). The summed E-state index contributed by atoms with van der Waals surface area (Å²) < 4.78 is 33.1. The fraction of sp³-hybridized carbons (Fsp3) is 0.300.